The number of anilines is 1. The quantitative estimate of drug-likeness (QED) is 0.773. The predicted molar refractivity (Wildman–Crippen MR) is 98.8 cm³/mol. The van der Waals surface area contributed by atoms with Gasteiger partial charge in [0.15, 0.2) is 0 Å². The third-order valence-corrected chi connectivity index (χ3v) is 4.66. The van der Waals surface area contributed by atoms with E-state index in [-0.39, 0.29) is 17.8 Å². The molecule has 0 heterocycles. The Kier molecular flexibility index (Phi) is 6.55. The van der Waals surface area contributed by atoms with Gasteiger partial charge in [-0.15, -0.1) is 0 Å². The maximum absolute atomic E-state index is 12.4. The topological polar surface area (TPSA) is 46.6 Å². The van der Waals surface area contributed by atoms with Crippen molar-refractivity contribution in [3.05, 3.63) is 60.2 Å². The standard InChI is InChI=1S/C19H23NO3S/c1-15(2)23-18-12-8-7-9-16(18)13-24(22)14-19(21)20(3)17-10-5-4-6-11-17/h4-12,15H,13-14H2,1-3H3/t24-/m1/s1. The van der Waals surface area contributed by atoms with Gasteiger partial charge in [0, 0.05) is 29.1 Å². The molecule has 0 aliphatic rings. The van der Waals surface area contributed by atoms with E-state index in [0.717, 1.165) is 17.0 Å². The van der Waals surface area contributed by atoms with E-state index in [0.29, 0.717) is 5.75 Å². The van der Waals surface area contributed by atoms with E-state index in [2.05, 4.69) is 0 Å². The van der Waals surface area contributed by atoms with Gasteiger partial charge in [0.1, 0.15) is 11.5 Å². The lowest BCUT2D eigenvalue weighted by Gasteiger charge is -2.17. The first-order chi connectivity index (χ1) is 11.5. The van der Waals surface area contributed by atoms with Crippen LogP contribution in [-0.2, 0) is 21.3 Å². The van der Waals surface area contributed by atoms with Crippen LogP contribution >= 0.6 is 0 Å². The highest BCUT2D eigenvalue weighted by Crippen LogP contribution is 2.21. The van der Waals surface area contributed by atoms with Crippen LogP contribution in [0.2, 0.25) is 0 Å². The zero-order valence-electron chi connectivity index (χ0n) is 14.3. The lowest BCUT2D eigenvalue weighted by molar-refractivity contribution is -0.115. The first-order valence-corrected chi connectivity index (χ1v) is 9.37. The lowest BCUT2D eigenvalue weighted by atomic mass is 10.2. The normalized spacial score (nSPS) is 12.0. The number of hydrogen-bond donors (Lipinski definition) is 0. The smallest absolute Gasteiger partial charge is 0.239 e. The van der Waals surface area contributed by atoms with Crippen molar-refractivity contribution in [1.82, 2.24) is 0 Å². The average molecular weight is 345 g/mol. The van der Waals surface area contributed by atoms with Gasteiger partial charge < -0.3 is 9.64 Å². The molecule has 2 aromatic carbocycles. The molecule has 0 bridgehead atoms. The third kappa shape index (κ3) is 5.20. The largest absolute Gasteiger partial charge is 0.491 e. The van der Waals surface area contributed by atoms with E-state index < -0.39 is 10.8 Å². The summed E-state index contributed by atoms with van der Waals surface area (Å²) in [5.41, 5.74) is 1.66. The number of benzene rings is 2. The summed E-state index contributed by atoms with van der Waals surface area (Å²) in [6.07, 6.45) is 0.0467. The van der Waals surface area contributed by atoms with E-state index in [1.807, 2.05) is 68.4 Å². The molecule has 0 spiro atoms. The van der Waals surface area contributed by atoms with Crippen LogP contribution in [-0.4, -0.2) is 29.0 Å². The molecule has 128 valence electrons. The Bertz CT molecular complexity index is 701. The van der Waals surface area contributed by atoms with Crippen molar-refractivity contribution in [2.45, 2.75) is 25.7 Å². The highest BCUT2D eigenvalue weighted by atomic mass is 32.2. The minimum atomic E-state index is -1.29. The Hall–Kier alpha value is -2.14. The van der Waals surface area contributed by atoms with Crippen molar-refractivity contribution >= 4 is 22.4 Å². The zero-order valence-corrected chi connectivity index (χ0v) is 15.1. The molecule has 2 aromatic rings. The number of nitrogens with zero attached hydrogens (tertiary/aromatic N) is 1. The monoisotopic (exact) mass is 345 g/mol. The predicted octanol–water partition coefficient (Wildman–Crippen LogP) is 3.39. The van der Waals surface area contributed by atoms with Crippen LogP contribution in [0, 0.1) is 0 Å². The summed E-state index contributed by atoms with van der Waals surface area (Å²) >= 11 is 0. The molecule has 0 radical (unpaired) electrons. The molecular weight excluding hydrogens is 322 g/mol. The number of rotatable bonds is 7. The zero-order chi connectivity index (χ0) is 17.5. The van der Waals surface area contributed by atoms with Crippen molar-refractivity contribution in [1.29, 1.82) is 0 Å². The number of hydrogen-bond acceptors (Lipinski definition) is 3. The van der Waals surface area contributed by atoms with Gasteiger partial charge in [0.25, 0.3) is 0 Å². The first-order valence-electron chi connectivity index (χ1n) is 7.88. The van der Waals surface area contributed by atoms with Gasteiger partial charge in [-0.05, 0) is 32.0 Å². The van der Waals surface area contributed by atoms with Gasteiger partial charge in [-0.1, -0.05) is 36.4 Å². The summed E-state index contributed by atoms with van der Waals surface area (Å²) in [6, 6.07) is 16.9. The van der Waals surface area contributed by atoms with Gasteiger partial charge in [-0.3, -0.25) is 9.00 Å². The summed E-state index contributed by atoms with van der Waals surface area (Å²) in [7, 11) is 0.407. The molecule has 0 saturated heterocycles. The summed E-state index contributed by atoms with van der Waals surface area (Å²) < 4.78 is 18.1. The van der Waals surface area contributed by atoms with E-state index in [1.165, 1.54) is 4.90 Å². The fourth-order valence-electron chi connectivity index (χ4n) is 2.25. The van der Waals surface area contributed by atoms with Crippen LogP contribution in [0.1, 0.15) is 19.4 Å². The summed E-state index contributed by atoms with van der Waals surface area (Å²) in [5, 5.41) is 0. The number of para-hydroxylation sites is 2. The molecule has 0 N–H and O–H groups in total. The highest BCUT2D eigenvalue weighted by molar-refractivity contribution is 7.85. The van der Waals surface area contributed by atoms with E-state index in [1.54, 1.807) is 7.05 Å². The van der Waals surface area contributed by atoms with Crippen LogP contribution in [0.4, 0.5) is 5.69 Å². The van der Waals surface area contributed by atoms with E-state index in [9.17, 15) is 9.00 Å². The summed E-state index contributed by atoms with van der Waals surface area (Å²) in [4.78, 5) is 13.8. The summed E-state index contributed by atoms with van der Waals surface area (Å²) in [6.45, 7) is 3.90. The molecule has 2 rings (SSSR count). The van der Waals surface area contributed by atoms with Crippen molar-refractivity contribution in [3.63, 3.8) is 0 Å². The second-order valence-electron chi connectivity index (χ2n) is 5.79. The van der Waals surface area contributed by atoms with Gasteiger partial charge in [-0.25, -0.2) is 0 Å². The second kappa shape index (κ2) is 8.64. The minimum absolute atomic E-state index is 0.0125. The number of carbonyl (C=O) groups is 1. The Morgan fingerprint density at radius 1 is 1.08 bits per heavy atom. The van der Waals surface area contributed by atoms with Gasteiger partial charge in [0.2, 0.25) is 5.91 Å². The van der Waals surface area contributed by atoms with Gasteiger partial charge >= 0.3 is 0 Å². The van der Waals surface area contributed by atoms with Crippen LogP contribution < -0.4 is 9.64 Å². The molecule has 5 heteroatoms. The molecule has 4 nitrogen and oxygen atoms in total. The maximum Gasteiger partial charge on any atom is 0.239 e. The Labute approximate surface area is 145 Å². The molecule has 24 heavy (non-hydrogen) atoms. The number of carbonyl (C=O) groups excluding carboxylic acids is 1. The number of amides is 1. The van der Waals surface area contributed by atoms with E-state index >= 15 is 0 Å². The van der Waals surface area contributed by atoms with Crippen molar-refractivity contribution in [2.24, 2.45) is 0 Å². The lowest BCUT2D eigenvalue weighted by Crippen LogP contribution is -2.31. The highest BCUT2D eigenvalue weighted by Gasteiger charge is 2.16. The molecular formula is C19H23NO3S. The Balaban J connectivity index is 2.00. The Morgan fingerprint density at radius 3 is 2.38 bits per heavy atom. The van der Waals surface area contributed by atoms with Crippen molar-refractivity contribution < 1.29 is 13.7 Å². The van der Waals surface area contributed by atoms with Crippen molar-refractivity contribution in [3.8, 4) is 5.75 Å². The van der Waals surface area contributed by atoms with E-state index in [4.69, 9.17) is 4.74 Å². The molecule has 0 fully saturated rings. The minimum Gasteiger partial charge on any atom is -0.491 e. The van der Waals surface area contributed by atoms with Crippen LogP contribution in [0.5, 0.6) is 5.75 Å². The molecule has 0 aromatic heterocycles. The van der Waals surface area contributed by atoms with Crippen LogP contribution in [0.3, 0.4) is 0 Å². The fourth-order valence-corrected chi connectivity index (χ4v) is 3.40. The summed E-state index contributed by atoms with van der Waals surface area (Å²) in [5.74, 6) is 0.852. The maximum atomic E-state index is 12.4. The molecule has 1 amide bonds. The van der Waals surface area contributed by atoms with Gasteiger partial charge in [-0.2, -0.15) is 0 Å². The van der Waals surface area contributed by atoms with Crippen LogP contribution in [0.15, 0.2) is 54.6 Å². The second-order valence-corrected chi connectivity index (χ2v) is 7.25. The molecule has 0 saturated carbocycles. The molecule has 1 atom stereocenters. The fraction of sp³-hybridized carbons (Fsp3) is 0.316. The number of ether oxygens (including phenoxy) is 1. The Morgan fingerprint density at radius 2 is 1.71 bits per heavy atom. The molecule has 0 unspecified atom stereocenters. The van der Waals surface area contributed by atoms with Crippen LogP contribution in [0.25, 0.3) is 0 Å². The first kappa shape index (κ1) is 18.2. The third-order valence-electron chi connectivity index (χ3n) is 3.45. The molecule has 0 aliphatic heterocycles. The van der Waals surface area contributed by atoms with Crippen molar-refractivity contribution in [2.75, 3.05) is 17.7 Å². The average Bonchev–Trinajstić information content (AvgIpc) is 2.56. The van der Waals surface area contributed by atoms with Gasteiger partial charge in [0.05, 0.1) is 11.9 Å². The molecule has 0 aliphatic carbocycles. The SMILES string of the molecule is CC(C)Oc1ccccc1C[S@@](=O)CC(=O)N(C)c1ccccc1.